The van der Waals surface area contributed by atoms with Crippen LogP contribution in [0.1, 0.15) is 61.5 Å². The fourth-order valence-corrected chi connectivity index (χ4v) is 5.13. The number of benzene rings is 1. The maximum absolute atomic E-state index is 13.6. The molecule has 0 unspecified atom stereocenters. The highest BCUT2D eigenvalue weighted by atomic mass is 32.1. The third kappa shape index (κ3) is 3.60. The molecule has 3 aromatic rings. The van der Waals surface area contributed by atoms with E-state index in [-0.39, 0.29) is 17.9 Å². The van der Waals surface area contributed by atoms with Crippen molar-refractivity contribution in [1.82, 2.24) is 14.9 Å². The molecule has 1 aliphatic carbocycles. The maximum Gasteiger partial charge on any atom is 0.174 e. The van der Waals surface area contributed by atoms with Crippen molar-refractivity contribution in [2.45, 2.75) is 50.2 Å². The van der Waals surface area contributed by atoms with E-state index in [2.05, 4.69) is 38.2 Å². The first kappa shape index (κ1) is 19.2. The summed E-state index contributed by atoms with van der Waals surface area (Å²) in [5, 5.41) is 4.09. The number of rotatable bonds is 4. The molecule has 2 atom stereocenters. The Labute approximate surface area is 181 Å². The molecule has 2 fully saturated rings. The van der Waals surface area contributed by atoms with Gasteiger partial charge >= 0.3 is 0 Å². The van der Waals surface area contributed by atoms with Crippen LogP contribution >= 0.6 is 12.2 Å². The molecule has 0 radical (unpaired) electrons. The van der Waals surface area contributed by atoms with E-state index >= 15 is 0 Å². The quantitative estimate of drug-likeness (QED) is 0.549. The van der Waals surface area contributed by atoms with Crippen LogP contribution in [0.3, 0.4) is 0 Å². The van der Waals surface area contributed by atoms with Crippen LogP contribution in [-0.4, -0.2) is 14.7 Å². The Kier molecular flexibility index (Phi) is 5.25. The summed E-state index contributed by atoms with van der Waals surface area (Å²) in [5.74, 6) is -0.252. The summed E-state index contributed by atoms with van der Waals surface area (Å²) in [6.45, 7) is 0. The summed E-state index contributed by atoms with van der Waals surface area (Å²) < 4.78 is 15.9. The Balaban J connectivity index is 1.54. The molecular weight excluding hydrogens is 395 g/mol. The molecule has 6 heteroatoms. The van der Waals surface area contributed by atoms with E-state index in [1.807, 2.05) is 24.4 Å². The van der Waals surface area contributed by atoms with Crippen molar-refractivity contribution >= 4 is 23.0 Å². The zero-order valence-corrected chi connectivity index (χ0v) is 17.6. The first-order valence-electron chi connectivity index (χ1n) is 10.6. The minimum Gasteiger partial charge on any atom is -0.351 e. The first-order chi connectivity index (χ1) is 14.7. The van der Waals surface area contributed by atoms with Gasteiger partial charge in [0, 0.05) is 30.3 Å². The van der Waals surface area contributed by atoms with E-state index in [0.29, 0.717) is 11.2 Å². The summed E-state index contributed by atoms with van der Waals surface area (Å²) >= 11 is 5.73. The molecule has 154 valence electrons. The van der Waals surface area contributed by atoms with Gasteiger partial charge in [-0.2, -0.15) is 0 Å². The van der Waals surface area contributed by atoms with Crippen molar-refractivity contribution in [2.24, 2.45) is 0 Å². The van der Waals surface area contributed by atoms with E-state index in [9.17, 15) is 4.39 Å². The third-order valence-corrected chi connectivity index (χ3v) is 6.59. The van der Waals surface area contributed by atoms with Gasteiger partial charge in [0.2, 0.25) is 0 Å². The topological polar surface area (TPSA) is 33.1 Å². The fraction of sp³-hybridized carbons (Fsp3) is 0.333. The Morgan fingerprint density at radius 1 is 1.00 bits per heavy atom. The Morgan fingerprint density at radius 2 is 1.80 bits per heavy atom. The maximum atomic E-state index is 13.6. The first-order valence-corrected chi connectivity index (χ1v) is 11.0. The van der Waals surface area contributed by atoms with E-state index in [4.69, 9.17) is 12.2 Å². The van der Waals surface area contributed by atoms with E-state index in [0.717, 1.165) is 11.4 Å². The predicted octanol–water partition coefficient (Wildman–Crippen LogP) is 5.70. The van der Waals surface area contributed by atoms with E-state index in [1.165, 1.54) is 49.8 Å². The standard InChI is InChI=1S/C24H25FN4S/c25-18-9-11-20(12-10-18)29-23(22(27-24(29)30)21-8-4-5-14-26-21)17-13-15-28(16-17)19-6-2-1-3-7-19/h4-5,8-16,19,22-23H,1-3,6-7H2,(H,27,30)/t22-,23+/m0/s1. The molecule has 1 aliphatic heterocycles. The molecule has 1 N–H and O–H groups in total. The number of halogens is 1. The second-order valence-electron chi connectivity index (χ2n) is 8.16. The SMILES string of the molecule is Fc1ccc(N2C(=S)N[C@@H](c3ccccn3)[C@H]2c2ccn(C3CCCCC3)c2)cc1. The van der Waals surface area contributed by atoms with Crippen LogP contribution in [0.2, 0.25) is 0 Å². The van der Waals surface area contributed by atoms with Crippen LogP contribution in [0.15, 0.2) is 67.1 Å². The van der Waals surface area contributed by atoms with Gasteiger partial charge in [0.15, 0.2) is 5.11 Å². The lowest BCUT2D eigenvalue weighted by Gasteiger charge is -2.28. The molecule has 4 nitrogen and oxygen atoms in total. The number of hydrogen-bond acceptors (Lipinski definition) is 2. The van der Waals surface area contributed by atoms with Crippen molar-refractivity contribution < 1.29 is 4.39 Å². The Bertz CT molecular complexity index is 1010. The largest absolute Gasteiger partial charge is 0.351 e. The summed E-state index contributed by atoms with van der Waals surface area (Å²) in [6.07, 6.45) is 12.7. The molecule has 3 heterocycles. The number of hydrogen-bond donors (Lipinski definition) is 1. The van der Waals surface area contributed by atoms with Crippen LogP contribution in [-0.2, 0) is 0 Å². The molecule has 1 saturated carbocycles. The Morgan fingerprint density at radius 3 is 2.53 bits per heavy atom. The van der Waals surface area contributed by atoms with Crippen molar-refractivity contribution in [3.05, 3.63) is 84.2 Å². The van der Waals surface area contributed by atoms with Crippen LogP contribution < -0.4 is 10.2 Å². The van der Waals surface area contributed by atoms with Gasteiger partial charge in [0.25, 0.3) is 0 Å². The normalized spacial score (nSPS) is 22.3. The van der Waals surface area contributed by atoms with Gasteiger partial charge in [0.1, 0.15) is 5.82 Å². The van der Waals surface area contributed by atoms with E-state index in [1.54, 1.807) is 12.1 Å². The average Bonchev–Trinajstić information content (AvgIpc) is 3.40. The monoisotopic (exact) mass is 420 g/mol. The lowest BCUT2D eigenvalue weighted by atomic mass is 9.95. The molecule has 0 spiro atoms. The smallest absolute Gasteiger partial charge is 0.174 e. The Hall–Kier alpha value is -2.73. The molecule has 2 aromatic heterocycles. The average molecular weight is 421 g/mol. The van der Waals surface area contributed by atoms with Crippen molar-refractivity contribution in [3.63, 3.8) is 0 Å². The number of anilines is 1. The lowest BCUT2D eigenvalue weighted by Crippen LogP contribution is -2.29. The number of nitrogens with zero attached hydrogens (tertiary/aromatic N) is 3. The molecule has 30 heavy (non-hydrogen) atoms. The van der Waals surface area contributed by atoms with Crippen LogP contribution in [0.5, 0.6) is 0 Å². The highest BCUT2D eigenvalue weighted by molar-refractivity contribution is 7.80. The van der Waals surface area contributed by atoms with Crippen molar-refractivity contribution in [3.8, 4) is 0 Å². The predicted molar refractivity (Wildman–Crippen MR) is 121 cm³/mol. The van der Waals surface area contributed by atoms with Crippen LogP contribution in [0.4, 0.5) is 10.1 Å². The molecule has 5 rings (SSSR count). The summed E-state index contributed by atoms with van der Waals surface area (Å²) in [6, 6.07) is 15.1. The number of nitrogens with one attached hydrogen (secondary N) is 1. The van der Waals surface area contributed by atoms with Gasteiger partial charge in [-0.1, -0.05) is 25.3 Å². The van der Waals surface area contributed by atoms with Crippen molar-refractivity contribution in [1.29, 1.82) is 0 Å². The molecule has 1 aromatic carbocycles. The summed E-state index contributed by atoms with van der Waals surface area (Å²) in [7, 11) is 0. The molecule has 2 aliphatic rings. The lowest BCUT2D eigenvalue weighted by molar-refractivity contribution is 0.353. The van der Waals surface area contributed by atoms with Gasteiger partial charge < -0.3 is 14.8 Å². The zero-order chi connectivity index (χ0) is 20.5. The third-order valence-electron chi connectivity index (χ3n) is 6.28. The molecule has 0 amide bonds. The molecular formula is C24H25FN4S. The minimum absolute atomic E-state index is 0.0531. The second kappa shape index (κ2) is 8.19. The van der Waals surface area contributed by atoms with Gasteiger partial charge in [-0.05, 0) is 73.1 Å². The van der Waals surface area contributed by atoms with Crippen LogP contribution in [0.25, 0.3) is 0 Å². The second-order valence-corrected chi connectivity index (χ2v) is 8.54. The number of thiocarbonyl (C=S) groups is 1. The minimum atomic E-state index is -0.252. The van der Waals surface area contributed by atoms with Gasteiger partial charge in [0.05, 0.1) is 17.8 Å². The van der Waals surface area contributed by atoms with Crippen LogP contribution in [0, 0.1) is 5.82 Å². The number of pyridine rings is 1. The fourth-order valence-electron chi connectivity index (χ4n) is 4.79. The van der Waals surface area contributed by atoms with E-state index < -0.39 is 0 Å². The highest BCUT2D eigenvalue weighted by Crippen LogP contribution is 2.42. The zero-order valence-electron chi connectivity index (χ0n) is 16.7. The highest BCUT2D eigenvalue weighted by Gasteiger charge is 2.41. The molecule has 1 saturated heterocycles. The summed E-state index contributed by atoms with van der Waals surface area (Å²) in [5.41, 5.74) is 3.01. The number of aromatic nitrogens is 2. The van der Waals surface area contributed by atoms with Gasteiger partial charge in [-0.15, -0.1) is 0 Å². The molecule has 0 bridgehead atoms. The van der Waals surface area contributed by atoms with Gasteiger partial charge in [-0.25, -0.2) is 4.39 Å². The summed E-state index contributed by atoms with van der Waals surface area (Å²) in [4.78, 5) is 6.69. The van der Waals surface area contributed by atoms with Crippen molar-refractivity contribution in [2.75, 3.05) is 4.90 Å². The van der Waals surface area contributed by atoms with Gasteiger partial charge in [-0.3, -0.25) is 4.98 Å².